The van der Waals surface area contributed by atoms with Crippen LogP contribution in [0.1, 0.15) is 18.4 Å². The molecule has 0 saturated carbocycles. The second-order valence-electron chi connectivity index (χ2n) is 6.79. The summed E-state index contributed by atoms with van der Waals surface area (Å²) >= 11 is 0. The second-order valence-corrected chi connectivity index (χ2v) is 6.79. The van der Waals surface area contributed by atoms with Gasteiger partial charge in [-0.1, -0.05) is 31.2 Å². The zero-order valence-electron chi connectivity index (χ0n) is 16.0. The molecule has 1 N–H and O–H groups in total. The first-order valence-corrected chi connectivity index (χ1v) is 9.45. The van der Waals surface area contributed by atoms with Gasteiger partial charge in [0.2, 0.25) is 5.91 Å². The summed E-state index contributed by atoms with van der Waals surface area (Å²) in [4.78, 5) is 29.7. The minimum atomic E-state index is -0.176. The van der Waals surface area contributed by atoms with E-state index in [0.29, 0.717) is 5.69 Å². The van der Waals surface area contributed by atoms with Gasteiger partial charge in [0.25, 0.3) is 0 Å². The molecule has 0 bridgehead atoms. The summed E-state index contributed by atoms with van der Waals surface area (Å²) in [6.07, 6.45) is 5.98. The Balaban J connectivity index is 1.56. The summed E-state index contributed by atoms with van der Waals surface area (Å²) in [5.41, 5.74) is 3.33. The number of carbonyl (C=O) groups is 2. The number of aromatic nitrogens is 1. The number of benzene rings is 1. The molecule has 1 aliphatic heterocycles. The number of hydrogen-bond acceptors (Lipinski definition) is 5. The van der Waals surface area contributed by atoms with E-state index < -0.39 is 0 Å². The van der Waals surface area contributed by atoms with E-state index in [1.807, 2.05) is 49.4 Å². The van der Waals surface area contributed by atoms with E-state index in [-0.39, 0.29) is 11.8 Å². The van der Waals surface area contributed by atoms with Crippen molar-refractivity contribution in [1.29, 1.82) is 0 Å². The molecular weight excluding hydrogens is 354 g/mol. The van der Waals surface area contributed by atoms with Crippen molar-refractivity contribution in [3.8, 4) is 11.3 Å². The molecule has 0 aliphatic carbocycles. The van der Waals surface area contributed by atoms with Crippen LogP contribution in [0.25, 0.3) is 11.3 Å². The van der Waals surface area contributed by atoms with E-state index >= 15 is 0 Å². The average molecular weight is 379 g/mol. The summed E-state index contributed by atoms with van der Waals surface area (Å²) in [5.74, 6) is -0.327. The Hall–Kier alpha value is -2.83. The number of nitrogens with zero attached hydrogens (tertiary/aromatic N) is 2. The lowest BCUT2D eigenvalue weighted by atomic mass is 9.99. The van der Waals surface area contributed by atoms with Crippen molar-refractivity contribution < 1.29 is 14.3 Å². The number of hydrogen-bond donors (Lipinski definition) is 1. The lowest BCUT2D eigenvalue weighted by Gasteiger charge is -2.24. The number of rotatable bonds is 7. The molecule has 1 fully saturated rings. The van der Waals surface area contributed by atoms with Gasteiger partial charge in [-0.3, -0.25) is 14.7 Å². The van der Waals surface area contributed by atoms with Crippen LogP contribution in [-0.4, -0.2) is 54.9 Å². The maximum atomic E-state index is 12.1. The first-order chi connectivity index (χ1) is 13.7. The molecule has 1 aliphatic rings. The Morgan fingerprint density at radius 3 is 2.82 bits per heavy atom. The third-order valence-corrected chi connectivity index (χ3v) is 4.68. The van der Waals surface area contributed by atoms with Gasteiger partial charge < -0.3 is 14.8 Å². The largest absolute Gasteiger partial charge is 0.379 e. The summed E-state index contributed by atoms with van der Waals surface area (Å²) in [6.45, 7) is 5.88. The third-order valence-electron chi connectivity index (χ3n) is 4.68. The number of morpholine rings is 1. The highest BCUT2D eigenvalue weighted by Crippen LogP contribution is 2.23. The number of amides is 1. The highest BCUT2D eigenvalue weighted by atomic mass is 16.5. The van der Waals surface area contributed by atoms with Crippen molar-refractivity contribution in [3.63, 3.8) is 0 Å². The van der Waals surface area contributed by atoms with Crippen LogP contribution < -0.4 is 5.32 Å². The van der Waals surface area contributed by atoms with E-state index in [9.17, 15) is 9.59 Å². The van der Waals surface area contributed by atoms with Crippen molar-refractivity contribution in [1.82, 2.24) is 9.88 Å². The molecule has 3 rings (SSSR count). The van der Waals surface area contributed by atoms with Crippen LogP contribution in [0.3, 0.4) is 0 Å². The number of pyridine rings is 1. The summed E-state index contributed by atoms with van der Waals surface area (Å²) < 4.78 is 5.30. The SMILES string of the molecule is CC(C=O)c1cccc(-c2ccc(NC(=O)/C=C/CN3CCOCC3)cn2)c1. The van der Waals surface area contributed by atoms with Gasteiger partial charge in [0.05, 0.1) is 30.8 Å². The molecule has 28 heavy (non-hydrogen) atoms. The first-order valence-electron chi connectivity index (χ1n) is 9.45. The summed E-state index contributed by atoms with van der Waals surface area (Å²) in [6, 6.07) is 11.5. The maximum Gasteiger partial charge on any atom is 0.248 e. The predicted molar refractivity (Wildman–Crippen MR) is 109 cm³/mol. The number of anilines is 1. The Morgan fingerprint density at radius 1 is 1.29 bits per heavy atom. The van der Waals surface area contributed by atoms with E-state index in [0.717, 1.165) is 56.0 Å². The van der Waals surface area contributed by atoms with Crippen LogP contribution in [0.5, 0.6) is 0 Å². The van der Waals surface area contributed by atoms with Gasteiger partial charge in [-0.25, -0.2) is 0 Å². The molecule has 2 heterocycles. The van der Waals surface area contributed by atoms with Crippen LogP contribution in [0, 0.1) is 0 Å². The molecule has 0 radical (unpaired) electrons. The number of nitrogens with one attached hydrogen (secondary N) is 1. The van der Waals surface area contributed by atoms with Crippen LogP contribution in [0.2, 0.25) is 0 Å². The number of ether oxygens (including phenoxy) is 1. The average Bonchev–Trinajstić information content (AvgIpc) is 2.74. The standard InChI is InChI=1S/C22H25N3O3/c1-17(16-26)18-4-2-5-19(14-18)21-8-7-20(15-23-21)24-22(27)6-3-9-25-10-12-28-13-11-25/h2-8,14-17H,9-13H2,1H3,(H,24,27)/b6-3+. The first kappa shape index (κ1) is 19.9. The van der Waals surface area contributed by atoms with Crippen LogP contribution in [-0.2, 0) is 14.3 Å². The smallest absolute Gasteiger partial charge is 0.248 e. The van der Waals surface area contributed by atoms with Crippen molar-refractivity contribution in [2.24, 2.45) is 0 Å². The van der Waals surface area contributed by atoms with E-state index in [1.54, 1.807) is 12.3 Å². The van der Waals surface area contributed by atoms with Gasteiger partial charge in [0, 0.05) is 37.2 Å². The molecule has 1 atom stereocenters. The van der Waals surface area contributed by atoms with Crippen molar-refractivity contribution in [3.05, 3.63) is 60.3 Å². The molecule has 1 amide bonds. The van der Waals surface area contributed by atoms with Crippen molar-refractivity contribution in [2.45, 2.75) is 12.8 Å². The lowest BCUT2D eigenvalue weighted by Crippen LogP contribution is -2.36. The van der Waals surface area contributed by atoms with Gasteiger partial charge in [-0.05, 0) is 23.8 Å². The molecule has 1 saturated heterocycles. The highest BCUT2D eigenvalue weighted by molar-refractivity contribution is 5.99. The molecule has 0 spiro atoms. The van der Waals surface area contributed by atoms with Gasteiger partial charge >= 0.3 is 0 Å². The van der Waals surface area contributed by atoms with Gasteiger partial charge in [0.1, 0.15) is 6.29 Å². The molecular formula is C22H25N3O3. The van der Waals surface area contributed by atoms with E-state index in [4.69, 9.17) is 4.74 Å². The Labute approximate surface area is 165 Å². The maximum absolute atomic E-state index is 12.1. The lowest BCUT2D eigenvalue weighted by molar-refractivity contribution is -0.112. The van der Waals surface area contributed by atoms with Crippen LogP contribution >= 0.6 is 0 Å². The minimum Gasteiger partial charge on any atom is -0.379 e. The molecule has 1 aromatic heterocycles. The predicted octanol–water partition coefficient (Wildman–Crippen LogP) is 2.88. The van der Waals surface area contributed by atoms with Gasteiger partial charge in [-0.2, -0.15) is 0 Å². The summed E-state index contributed by atoms with van der Waals surface area (Å²) in [7, 11) is 0. The van der Waals surface area contributed by atoms with E-state index in [2.05, 4.69) is 15.2 Å². The number of aldehydes is 1. The Kier molecular flexibility index (Phi) is 7.06. The van der Waals surface area contributed by atoms with Crippen molar-refractivity contribution in [2.75, 3.05) is 38.2 Å². The Morgan fingerprint density at radius 2 is 2.11 bits per heavy atom. The molecule has 146 valence electrons. The molecule has 2 aromatic rings. The fourth-order valence-corrected chi connectivity index (χ4v) is 2.97. The zero-order chi connectivity index (χ0) is 19.8. The topological polar surface area (TPSA) is 71.5 Å². The minimum absolute atomic E-state index is 0.150. The zero-order valence-corrected chi connectivity index (χ0v) is 16.0. The fourth-order valence-electron chi connectivity index (χ4n) is 2.97. The van der Waals surface area contributed by atoms with Crippen LogP contribution in [0.4, 0.5) is 5.69 Å². The highest BCUT2D eigenvalue weighted by Gasteiger charge is 2.09. The molecule has 6 heteroatoms. The van der Waals surface area contributed by atoms with Gasteiger partial charge in [0.15, 0.2) is 0 Å². The molecule has 1 aromatic carbocycles. The van der Waals surface area contributed by atoms with Crippen molar-refractivity contribution >= 4 is 17.9 Å². The molecule has 1 unspecified atom stereocenters. The Bertz CT molecular complexity index is 827. The third kappa shape index (κ3) is 5.58. The second kappa shape index (κ2) is 9.92. The fraction of sp³-hybridized carbons (Fsp3) is 0.318. The quantitative estimate of drug-likeness (QED) is 0.592. The van der Waals surface area contributed by atoms with E-state index in [1.165, 1.54) is 0 Å². The van der Waals surface area contributed by atoms with Gasteiger partial charge in [-0.15, -0.1) is 0 Å². The van der Waals surface area contributed by atoms with Crippen LogP contribution in [0.15, 0.2) is 54.7 Å². The molecule has 6 nitrogen and oxygen atoms in total. The monoisotopic (exact) mass is 379 g/mol. The normalized spacial score (nSPS) is 16.0. The number of carbonyl (C=O) groups excluding carboxylic acids is 2. The summed E-state index contributed by atoms with van der Waals surface area (Å²) in [5, 5.41) is 2.82.